The van der Waals surface area contributed by atoms with Gasteiger partial charge in [-0.25, -0.2) is 0 Å². The number of hydrogen-bond acceptors (Lipinski definition) is 4. The van der Waals surface area contributed by atoms with Crippen LogP contribution in [-0.2, 0) is 16.1 Å². The molecule has 0 bridgehead atoms. The Hall–Kier alpha value is -1.00. The Kier molecular flexibility index (Phi) is 5.21. The molecule has 2 N–H and O–H groups in total. The second-order valence-electron chi connectivity index (χ2n) is 3.02. The van der Waals surface area contributed by atoms with Crippen molar-refractivity contribution in [3.8, 4) is 0 Å². The van der Waals surface area contributed by atoms with E-state index in [1.165, 1.54) is 7.11 Å². The maximum absolute atomic E-state index is 10.9. The summed E-state index contributed by atoms with van der Waals surface area (Å²) in [6.07, 6.45) is 0.444. The average Bonchev–Trinajstić information content (AvgIpc) is 2.29. The molecule has 0 aromatic heterocycles. The van der Waals surface area contributed by atoms with Crippen molar-refractivity contribution < 1.29 is 9.53 Å². The van der Waals surface area contributed by atoms with Crippen molar-refractivity contribution in [1.29, 1.82) is 0 Å². The molecule has 0 saturated carbocycles. The van der Waals surface area contributed by atoms with Crippen molar-refractivity contribution in [1.82, 2.24) is 0 Å². The fourth-order valence-electron chi connectivity index (χ4n) is 1.08. The second-order valence-corrected chi connectivity index (χ2v) is 4.19. The Balaban J connectivity index is 2.34. The number of carbonyl (C=O) groups excluding carboxylic acids is 1. The second kappa shape index (κ2) is 6.48. The summed E-state index contributed by atoms with van der Waals surface area (Å²) in [6, 6.07) is 8.04. The number of benzene rings is 1. The van der Waals surface area contributed by atoms with E-state index >= 15 is 0 Å². The minimum absolute atomic E-state index is 0.166. The SMILES string of the molecule is COC(=O)CCSc1ccc(CN)cc1. The monoisotopic (exact) mass is 225 g/mol. The number of hydrogen-bond donors (Lipinski definition) is 1. The van der Waals surface area contributed by atoms with Crippen LogP contribution >= 0.6 is 11.8 Å². The summed E-state index contributed by atoms with van der Waals surface area (Å²) in [6.45, 7) is 0.563. The van der Waals surface area contributed by atoms with Crippen LogP contribution in [0.1, 0.15) is 12.0 Å². The minimum atomic E-state index is -0.166. The molecule has 0 amide bonds. The van der Waals surface area contributed by atoms with E-state index in [0.717, 1.165) is 16.2 Å². The largest absolute Gasteiger partial charge is 0.469 e. The lowest BCUT2D eigenvalue weighted by Gasteiger charge is -2.02. The predicted octanol–water partition coefficient (Wildman–Crippen LogP) is 1.80. The summed E-state index contributed by atoms with van der Waals surface area (Å²) in [5.41, 5.74) is 6.61. The Morgan fingerprint density at radius 1 is 1.40 bits per heavy atom. The summed E-state index contributed by atoms with van der Waals surface area (Å²) in [5, 5.41) is 0. The molecule has 15 heavy (non-hydrogen) atoms. The molecular formula is C11H15NO2S. The summed E-state index contributed by atoms with van der Waals surface area (Å²) < 4.78 is 4.56. The van der Waals surface area contributed by atoms with E-state index in [1.54, 1.807) is 11.8 Å². The van der Waals surface area contributed by atoms with Gasteiger partial charge >= 0.3 is 5.97 Å². The summed E-state index contributed by atoms with van der Waals surface area (Å²) in [7, 11) is 1.41. The minimum Gasteiger partial charge on any atom is -0.469 e. The van der Waals surface area contributed by atoms with Gasteiger partial charge in [-0.1, -0.05) is 12.1 Å². The zero-order valence-corrected chi connectivity index (χ0v) is 9.55. The third kappa shape index (κ3) is 4.36. The lowest BCUT2D eigenvalue weighted by molar-refractivity contribution is -0.140. The summed E-state index contributed by atoms with van der Waals surface area (Å²) in [4.78, 5) is 12.0. The fourth-order valence-corrected chi connectivity index (χ4v) is 1.91. The van der Waals surface area contributed by atoms with Crippen LogP contribution in [0.25, 0.3) is 0 Å². The van der Waals surface area contributed by atoms with E-state index in [-0.39, 0.29) is 5.97 Å². The van der Waals surface area contributed by atoms with Gasteiger partial charge in [-0.05, 0) is 17.7 Å². The molecular weight excluding hydrogens is 210 g/mol. The standard InChI is InChI=1S/C11H15NO2S/c1-14-11(13)6-7-15-10-4-2-9(8-12)3-5-10/h2-5H,6-8,12H2,1H3. The number of rotatable bonds is 5. The van der Waals surface area contributed by atoms with Gasteiger partial charge in [-0.15, -0.1) is 11.8 Å². The first-order valence-electron chi connectivity index (χ1n) is 4.75. The third-order valence-electron chi connectivity index (χ3n) is 1.96. The highest BCUT2D eigenvalue weighted by Crippen LogP contribution is 2.19. The molecule has 0 aliphatic rings. The lowest BCUT2D eigenvalue weighted by atomic mass is 10.2. The van der Waals surface area contributed by atoms with E-state index in [1.807, 2.05) is 24.3 Å². The molecule has 0 fully saturated rings. The molecule has 0 radical (unpaired) electrons. The number of esters is 1. The predicted molar refractivity (Wildman–Crippen MR) is 61.7 cm³/mol. The molecule has 0 aliphatic carbocycles. The first kappa shape index (κ1) is 12.1. The normalized spacial score (nSPS) is 10.0. The molecule has 0 aliphatic heterocycles. The summed E-state index contributed by atoms with van der Waals surface area (Å²) >= 11 is 1.64. The van der Waals surface area contributed by atoms with Crippen molar-refractivity contribution >= 4 is 17.7 Å². The molecule has 0 heterocycles. The van der Waals surface area contributed by atoms with Gasteiger partial charge in [0, 0.05) is 17.2 Å². The first-order chi connectivity index (χ1) is 7.26. The lowest BCUT2D eigenvalue weighted by Crippen LogP contribution is -2.00. The molecule has 0 spiro atoms. The maximum atomic E-state index is 10.9. The van der Waals surface area contributed by atoms with E-state index in [9.17, 15) is 4.79 Å². The number of nitrogens with two attached hydrogens (primary N) is 1. The van der Waals surface area contributed by atoms with E-state index < -0.39 is 0 Å². The van der Waals surface area contributed by atoms with Gasteiger partial charge in [0.15, 0.2) is 0 Å². The van der Waals surface area contributed by atoms with Crippen molar-refractivity contribution in [2.24, 2.45) is 5.73 Å². The van der Waals surface area contributed by atoms with Gasteiger partial charge in [-0.3, -0.25) is 4.79 Å². The van der Waals surface area contributed by atoms with Crippen molar-refractivity contribution in [2.45, 2.75) is 17.9 Å². The highest BCUT2D eigenvalue weighted by Gasteiger charge is 2.00. The highest BCUT2D eigenvalue weighted by molar-refractivity contribution is 7.99. The Bertz CT molecular complexity index is 311. The van der Waals surface area contributed by atoms with Gasteiger partial charge < -0.3 is 10.5 Å². The van der Waals surface area contributed by atoms with Crippen LogP contribution in [0, 0.1) is 0 Å². The Labute approximate surface area is 94.0 Å². The van der Waals surface area contributed by atoms with E-state index in [0.29, 0.717) is 13.0 Å². The quantitative estimate of drug-likeness (QED) is 0.613. The van der Waals surface area contributed by atoms with Gasteiger partial charge in [0.2, 0.25) is 0 Å². The number of methoxy groups -OCH3 is 1. The van der Waals surface area contributed by atoms with E-state index in [2.05, 4.69) is 4.74 Å². The smallest absolute Gasteiger partial charge is 0.306 e. The summed E-state index contributed by atoms with van der Waals surface area (Å²) in [5.74, 6) is 0.579. The maximum Gasteiger partial charge on any atom is 0.306 e. The highest BCUT2D eigenvalue weighted by atomic mass is 32.2. The average molecular weight is 225 g/mol. The van der Waals surface area contributed by atoms with Crippen LogP contribution in [0.5, 0.6) is 0 Å². The molecule has 0 atom stereocenters. The zero-order chi connectivity index (χ0) is 11.1. The zero-order valence-electron chi connectivity index (χ0n) is 8.73. The first-order valence-corrected chi connectivity index (χ1v) is 5.73. The number of carbonyl (C=O) groups is 1. The topological polar surface area (TPSA) is 52.3 Å². The van der Waals surface area contributed by atoms with Crippen LogP contribution in [0.2, 0.25) is 0 Å². The van der Waals surface area contributed by atoms with Gasteiger partial charge in [0.1, 0.15) is 0 Å². The fraction of sp³-hybridized carbons (Fsp3) is 0.364. The van der Waals surface area contributed by atoms with Gasteiger partial charge in [-0.2, -0.15) is 0 Å². The van der Waals surface area contributed by atoms with Gasteiger partial charge in [0.25, 0.3) is 0 Å². The van der Waals surface area contributed by atoms with Gasteiger partial charge in [0.05, 0.1) is 13.5 Å². The molecule has 1 aromatic carbocycles. The van der Waals surface area contributed by atoms with E-state index in [4.69, 9.17) is 5.73 Å². The molecule has 4 heteroatoms. The molecule has 3 nitrogen and oxygen atoms in total. The van der Waals surface area contributed by atoms with Crippen LogP contribution in [-0.4, -0.2) is 18.8 Å². The van der Waals surface area contributed by atoms with Crippen molar-refractivity contribution in [2.75, 3.05) is 12.9 Å². The van der Waals surface area contributed by atoms with Crippen LogP contribution < -0.4 is 5.73 Å². The van der Waals surface area contributed by atoms with Crippen LogP contribution in [0.15, 0.2) is 29.2 Å². The third-order valence-corrected chi connectivity index (χ3v) is 2.98. The van der Waals surface area contributed by atoms with Crippen LogP contribution in [0.3, 0.4) is 0 Å². The number of ether oxygens (including phenoxy) is 1. The Morgan fingerprint density at radius 3 is 2.60 bits per heavy atom. The molecule has 0 saturated heterocycles. The Morgan fingerprint density at radius 2 is 2.07 bits per heavy atom. The van der Waals surface area contributed by atoms with Crippen molar-refractivity contribution in [3.05, 3.63) is 29.8 Å². The van der Waals surface area contributed by atoms with Crippen LogP contribution in [0.4, 0.5) is 0 Å². The molecule has 0 unspecified atom stereocenters. The molecule has 1 rings (SSSR count). The molecule has 82 valence electrons. The van der Waals surface area contributed by atoms with Crippen molar-refractivity contribution in [3.63, 3.8) is 0 Å². The number of thioether (sulfide) groups is 1. The molecule has 1 aromatic rings.